The zero-order valence-electron chi connectivity index (χ0n) is 12.0. The van der Waals surface area contributed by atoms with E-state index < -0.39 is 0 Å². The molecule has 0 saturated carbocycles. The molecule has 0 spiro atoms. The topological polar surface area (TPSA) is 67.6 Å². The summed E-state index contributed by atoms with van der Waals surface area (Å²) in [6.45, 7) is 6.04. The summed E-state index contributed by atoms with van der Waals surface area (Å²) in [5.74, 6) is -0.144. The molecular formula is C15H23N3O2. The zero-order chi connectivity index (χ0) is 14.4. The fourth-order valence-corrected chi connectivity index (χ4v) is 2.24. The van der Waals surface area contributed by atoms with Crippen LogP contribution in [-0.4, -0.2) is 38.8 Å². The SMILES string of the molecule is CC(CN)C(=O)NCc1ccccc1N1CCOCC1. The second kappa shape index (κ2) is 7.26. The number of morpholine rings is 1. The Hall–Kier alpha value is -1.59. The summed E-state index contributed by atoms with van der Waals surface area (Å²) in [6, 6.07) is 8.17. The fraction of sp³-hybridized carbons (Fsp3) is 0.533. The van der Waals surface area contributed by atoms with Crippen molar-refractivity contribution in [1.29, 1.82) is 0 Å². The maximum atomic E-state index is 11.8. The van der Waals surface area contributed by atoms with Gasteiger partial charge in [-0.1, -0.05) is 25.1 Å². The molecule has 5 nitrogen and oxygen atoms in total. The molecule has 1 heterocycles. The fourth-order valence-electron chi connectivity index (χ4n) is 2.24. The van der Waals surface area contributed by atoms with E-state index in [0.29, 0.717) is 13.1 Å². The summed E-state index contributed by atoms with van der Waals surface area (Å²) in [5, 5.41) is 2.95. The second-order valence-electron chi connectivity index (χ2n) is 5.08. The summed E-state index contributed by atoms with van der Waals surface area (Å²) < 4.78 is 5.38. The molecule has 1 saturated heterocycles. The number of carbonyl (C=O) groups excluding carboxylic acids is 1. The molecule has 1 amide bonds. The standard InChI is InChI=1S/C15H23N3O2/c1-12(10-16)15(19)17-11-13-4-2-3-5-14(13)18-6-8-20-9-7-18/h2-5,12H,6-11,16H2,1H3,(H,17,19). The Morgan fingerprint density at radius 1 is 1.40 bits per heavy atom. The highest BCUT2D eigenvalue weighted by molar-refractivity contribution is 5.78. The molecule has 5 heteroatoms. The van der Waals surface area contributed by atoms with Crippen molar-refractivity contribution < 1.29 is 9.53 Å². The van der Waals surface area contributed by atoms with Gasteiger partial charge in [0.2, 0.25) is 5.91 Å². The Morgan fingerprint density at radius 3 is 2.80 bits per heavy atom. The van der Waals surface area contributed by atoms with Gasteiger partial charge in [-0.25, -0.2) is 0 Å². The summed E-state index contributed by atoms with van der Waals surface area (Å²) >= 11 is 0. The first kappa shape index (κ1) is 14.8. The molecule has 1 unspecified atom stereocenters. The Kier molecular flexibility index (Phi) is 5.38. The Labute approximate surface area is 120 Å². The number of hydrogen-bond acceptors (Lipinski definition) is 4. The van der Waals surface area contributed by atoms with Crippen molar-refractivity contribution in [1.82, 2.24) is 5.32 Å². The number of benzene rings is 1. The van der Waals surface area contributed by atoms with Crippen molar-refractivity contribution in [2.75, 3.05) is 37.7 Å². The lowest BCUT2D eigenvalue weighted by Crippen LogP contribution is -2.37. The van der Waals surface area contributed by atoms with Gasteiger partial charge < -0.3 is 20.7 Å². The zero-order valence-corrected chi connectivity index (χ0v) is 12.0. The lowest BCUT2D eigenvalue weighted by atomic mass is 10.1. The normalized spacial score (nSPS) is 16.8. The van der Waals surface area contributed by atoms with Crippen LogP contribution in [-0.2, 0) is 16.1 Å². The second-order valence-corrected chi connectivity index (χ2v) is 5.08. The van der Waals surface area contributed by atoms with Crippen molar-refractivity contribution in [2.45, 2.75) is 13.5 Å². The number of nitrogens with zero attached hydrogens (tertiary/aromatic N) is 1. The molecule has 0 bridgehead atoms. The minimum atomic E-state index is -0.148. The minimum Gasteiger partial charge on any atom is -0.378 e. The van der Waals surface area contributed by atoms with E-state index in [4.69, 9.17) is 10.5 Å². The van der Waals surface area contributed by atoms with Crippen molar-refractivity contribution in [3.05, 3.63) is 29.8 Å². The Bertz CT molecular complexity index is 444. The maximum absolute atomic E-state index is 11.8. The molecule has 3 N–H and O–H groups in total. The van der Waals surface area contributed by atoms with E-state index in [1.165, 1.54) is 5.69 Å². The molecule has 1 atom stereocenters. The summed E-state index contributed by atoms with van der Waals surface area (Å²) in [5.41, 5.74) is 7.81. The largest absolute Gasteiger partial charge is 0.378 e. The van der Waals surface area contributed by atoms with E-state index in [1.807, 2.05) is 19.1 Å². The number of carbonyl (C=O) groups is 1. The van der Waals surface area contributed by atoms with Gasteiger partial charge >= 0.3 is 0 Å². The molecule has 1 aliphatic rings. The van der Waals surface area contributed by atoms with Crippen LogP contribution in [0.25, 0.3) is 0 Å². The van der Waals surface area contributed by atoms with Gasteiger partial charge in [-0.15, -0.1) is 0 Å². The van der Waals surface area contributed by atoms with E-state index in [1.54, 1.807) is 0 Å². The molecule has 20 heavy (non-hydrogen) atoms. The number of para-hydroxylation sites is 1. The maximum Gasteiger partial charge on any atom is 0.224 e. The van der Waals surface area contributed by atoms with Gasteiger partial charge in [-0.05, 0) is 11.6 Å². The summed E-state index contributed by atoms with van der Waals surface area (Å²) in [7, 11) is 0. The lowest BCUT2D eigenvalue weighted by Gasteiger charge is -2.30. The first-order valence-electron chi connectivity index (χ1n) is 7.10. The van der Waals surface area contributed by atoms with Crippen LogP contribution in [0.4, 0.5) is 5.69 Å². The van der Waals surface area contributed by atoms with Gasteiger partial charge in [0.25, 0.3) is 0 Å². The van der Waals surface area contributed by atoms with Crippen LogP contribution in [0, 0.1) is 5.92 Å². The highest BCUT2D eigenvalue weighted by Crippen LogP contribution is 2.21. The van der Waals surface area contributed by atoms with Crippen molar-refractivity contribution in [2.24, 2.45) is 11.7 Å². The highest BCUT2D eigenvalue weighted by Gasteiger charge is 2.15. The number of rotatable bonds is 5. The van der Waals surface area contributed by atoms with E-state index in [0.717, 1.165) is 31.9 Å². The quantitative estimate of drug-likeness (QED) is 0.833. The average Bonchev–Trinajstić information content (AvgIpc) is 2.53. The van der Waals surface area contributed by atoms with Gasteiger partial charge in [0, 0.05) is 37.8 Å². The van der Waals surface area contributed by atoms with E-state index in [2.05, 4.69) is 22.3 Å². The number of nitrogens with two attached hydrogens (primary N) is 1. The molecule has 1 aliphatic heterocycles. The molecule has 110 valence electrons. The number of hydrogen-bond donors (Lipinski definition) is 2. The average molecular weight is 277 g/mol. The smallest absolute Gasteiger partial charge is 0.224 e. The molecular weight excluding hydrogens is 254 g/mol. The molecule has 0 radical (unpaired) electrons. The van der Waals surface area contributed by atoms with Gasteiger partial charge in [-0.3, -0.25) is 4.79 Å². The first-order valence-corrected chi connectivity index (χ1v) is 7.10. The molecule has 2 rings (SSSR count). The highest BCUT2D eigenvalue weighted by atomic mass is 16.5. The minimum absolute atomic E-state index is 0.00396. The third-order valence-electron chi connectivity index (χ3n) is 3.60. The van der Waals surface area contributed by atoms with Crippen LogP contribution in [0.15, 0.2) is 24.3 Å². The van der Waals surface area contributed by atoms with Gasteiger partial charge in [-0.2, -0.15) is 0 Å². The van der Waals surface area contributed by atoms with Crippen molar-refractivity contribution in [3.8, 4) is 0 Å². The van der Waals surface area contributed by atoms with Crippen molar-refractivity contribution in [3.63, 3.8) is 0 Å². The van der Waals surface area contributed by atoms with Gasteiger partial charge in [0.15, 0.2) is 0 Å². The molecule has 1 fully saturated rings. The predicted octanol–water partition coefficient (Wildman–Crippen LogP) is 0.734. The summed E-state index contributed by atoms with van der Waals surface area (Å²) in [4.78, 5) is 14.1. The van der Waals surface area contributed by atoms with Crippen LogP contribution in [0.1, 0.15) is 12.5 Å². The van der Waals surface area contributed by atoms with Crippen LogP contribution < -0.4 is 16.0 Å². The van der Waals surface area contributed by atoms with Crippen LogP contribution in [0.5, 0.6) is 0 Å². The van der Waals surface area contributed by atoms with E-state index in [9.17, 15) is 4.79 Å². The van der Waals surface area contributed by atoms with E-state index >= 15 is 0 Å². The molecule has 1 aromatic carbocycles. The van der Waals surface area contributed by atoms with Gasteiger partial charge in [0.1, 0.15) is 0 Å². The first-order chi connectivity index (χ1) is 9.72. The lowest BCUT2D eigenvalue weighted by molar-refractivity contribution is -0.124. The molecule has 0 aromatic heterocycles. The monoisotopic (exact) mass is 277 g/mol. The molecule has 1 aromatic rings. The number of ether oxygens (including phenoxy) is 1. The van der Waals surface area contributed by atoms with Crippen LogP contribution in [0.3, 0.4) is 0 Å². The number of nitrogens with one attached hydrogen (secondary N) is 1. The Balaban J connectivity index is 2.02. The molecule has 0 aliphatic carbocycles. The van der Waals surface area contributed by atoms with Crippen LogP contribution in [0.2, 0.25) is 0 Å². The third-order valence-corrected chi connectivity index (χ3v) is 3.60. The number of anilines is 1. The summed E-state index contributed by atoms with van der Waals surface area (Å²) in [6.07, 6.45) is 0. The van der Waals surface area contributed by atoms with E-state index in [-0.39, 0.29) is 11.8 Å². The third kappa shape index (κ3) is 3.71. The predicted molar refractivity (Wildman–Crippen MR) is 79.5 cm³/mol. The Morgan fingerprint density at radius 2 is 2.10 bits per heavy atom. The van der Waals surface area contributed by atoms with Crippen LogP contribution >= 0.6 is 0 Å². The van der Waals surface area contributed by atoms with Gasteiger partial charge in [0.05, 0.1) is 13.2 Å². The van der Waals surface area contributed by atoms with Crippen molar-refractivity contribution >= 4 is 11.6 Å². The number of amides is 1.